The van der Waals surface area contributed by atoms with E-state index in [1.54, 1.807) is 0 Å². The number of carbonyl (C=O) groups excluding carboxylic acids is 1. The van der Waals surface area contributed by atoms with Crippen LogP contribution in [0.15, 0.2) is 95.6 Å². The third-order valence-corrected chi connectivity index (χ3v) is 4.46. The molecule has 0 unspecified atom stereocenters. The molecule has 1 aliphatic rings. The Balaban J connectivity index is 1.81. The molecule has 4 heteroatoms. The number of hydrazone groups is 1. The van der Waals surface area contributed by atoms with Crippen molar-refractivity contribution in [3.63, 3.8) is 0 Å². The van der Waals surface area contributed by atoms with Crippen LogP contribution in [-0.4, -0.2) is 18.2 Å². The minimum atomic E-state index is -0.193. The van der Waals surface area contributed by atoms with Crippen LogP contribution < -0.4 is 9.75 Å². The van der Waals surface area contributed by atoms with Gasteiger partial charge in [0.15, 0.2) is 0 Å². The Kier molecular flexibility index (Phi) is 5.22. The van der Waals surface area contributed by atoms with Crippen LogP contribution in [0.3, 0.4) is 0 Å². The monoisotopic (exact) mass is 378 g/mol. The molecular weight excluding hydrogens is 360 g/mol. The van der Waals surface area contributed by atoms with E-state index in [1.165, 1.54) is 5.01 Å². The molecule has 4 nitrogen and oxygen atoms in total. The van der Waals surface area contributed by atoms with E-state index in [1.807, 2.05) is 91.0 Å². The first kappa shape index (κ1) is 18.3. The second-order valence-electron chi connectivity index (χ2n) is 6.36. The molecular formula is C25H18N2O2. The highest BCUT2D eigenvalue weighted by Gasteiger charge is 2.32. The molecule has 0 aliphatic carbocycles. The smallest absolute Gasteiger partial charge is 0.281 e. The molecule has 4 rings (SSSR count). The van der Waals surface area contributed by atoms with Crippen molar-refractivity contribution in [1.29, 1.82) is 0 Å². The third-order valence-electron chi connectivity index (χ3n) is 4.46. The van der Waals surface area contributed by atoms with Crippen LogP contribution >= 0.6 is 0 Å². The Hall–Kier alpha value is -4.10. The zero-order valence-corrected chi connectivity index (χ0v) is 15.7. The van der Waals surface area contributed by atoms with Gasteiger partial charge >= 0.3 is 0 Å². The van der Waals surface area contributed by atoms with Crippen LogP contribution in [0.1, 0.15) is 11.1 Å². The predicted octanol–water partition coefficient (Wildman–Crippen LogP) is 4.53. The van der Waals surface area contributed by atoms with Crippen molar-refractivity contribution in [3.8, 4) is 18.1 Å². The van der Waals surface area contributed by atoms with Crippen LogP contribution in [0.4, 0.5) is 5.69 Å². The van der Waals surface area contributed by atoms with Crippen LogP contribution in [0.25, 0.3) is 6.08 Å². The summed E-state index contributed by atoms with van der Waals surface area (Å²) in [5.74, 6) is 2.90. The molecule has 1 aliphatic heterocycles. The van der Waals surface area contributed by atoms with Gasteiger partial charge in [0.25, 0.3) is 5.91 Å². The molecule has 29 heavy (non-hydrogen) atoms. The van der Waals surface area contributed by atoms with Crippen molar-refractivity contribution in [2.24, 2.45) is 5.10 Å². The Morgan fingerprint density at radius 1 is 0.931 bits per heavy atom. The molecule has 1 heterocycles. The third kappa shape index (κ3) is 3.80. The number of anilines is 1. The van der Waals surface area contributed by atoms with Gasteiger partial charge in [-0.25, -0.2) is 0 Å². The average molecular weight is 378 g/mol. The maximum atomic E-state index is 13.3. The lowest BCUT2D eigenvalue weighted by molar-refractivity contribution is -0.114. The first-order chi connectivity index (χ1) is 14.3. The number of benzene rings is 3. The standard InChI is InChI=1S/C25H18N2O2/c1-2-17-29-23-16-10-9-13-20(23)18-22-24(19-11-5-3-6-12-19)26-27(25(22)28)21-14-7-4-8-15-21/h1,3-16,18H,17H2/b22-18-. The summed E-state index contributed by atoms with van der Waals surface area (Å²) < 4.78 is 5.64. The summed E-state index contributed by atoms with van der Waals surface area (Å²) in [7, 11) is 0. The van der Waals surface area contributed by atoms with E-state index >= 15 is 0 Å². The highest BCUT2D eigenvalue weighted by atomic mass is 16.5. The van der Waals surface area contributed by atoms with Gasteiger partial charge in [-0.2, -0.15) is 10.1 Å². The summed E-state index contributed by atoms with van der Waals surface area (Å²) in [5.41, 5.74) is 3.46. The van der Waals surface area contributed by atoms with Crippen molar-refractivity contribution in [2.45, 2.75) is 0 Å². The molecule has 0 saturated heterocycles. The largest absolute Gasteiger partial charge is 0.480 e. The maximum Gasteiger partial charge on any atom is 0.281 e. The highest BCUT2D eigenvalue weighted by Crippen LogP contribution is 2.29. The number of hydrogen-bond acceptors (Lipinski definition) is 3. The quantitative estimate of drug-likeness (QED) is 0.483. The van der Waals surface area contributed by atoms with Crippen LogP contribution in [0.2, 0.25) is 0 Å². The van der Waals surface area contributed by atoms with Crippen molar-refractivity contribution in [1.82, 2.24) is 0 Å². The van der Waals surface area contributed by atoms with Crippen LogP contribution in [-0.2, 0) is 4.79 Å². The van der Waals surface area contributed by atoms with Crippen LogP contribution in [0.5, 0.6) is 5.75 Å². The number of para-hydroxylation sites is 2. The van der Waals surface area contributed by atoms with Gasteiger partial charge in [0.05, 0.1) is 11.3 Å². The minimum Gasteiger partial charge on any atom is -0.480 e. The number of amides is 1. The summed E-state index contributed by atoms with van der Waals surface area (Å²) in [4.78, 5) is 13.3. The van der Waals surface area contributed by atoms with Crippen molar-refractivity contribution in [3.05, 3.63) is 102 Å². The summed E-state index contributed by atoms with van der Waals surface area (Å²) in [6.07, 6.45) is 7.13. The van der Waals surface area contributed by atoms with Crippen molar-refractivity contribution < 1.29 is 9.53 Å². The van der Waals surface area contributed by atoms with E-state index in [2.05, 4.69) is 11.0 Å². The number of ether oxygens (including phenoxy) is 1. The summed E-state index contributed by atoms with van der Waals surface area (Å²) in [5, 5.41) is 6.07. The normalized spacial score (nSPS) is 14.6. The Bertz CT molecular complexity index is 1130. The molecule has 3 aromatic carbocycles. The zero-order chi connectivity index (χ0) is 20.1. The Labute approximate surface area is 169 Å². The van der Waals surface area contributed by atoms with Gasteiger partial charge < -0.3 is 4.74 Å². The Morgan fingerprint density at radius 3 is 2.31 bits per heavy atom. The van der Waals surface area contributed by atoms with Gasteiger partial charge in [-0.3, -0.25) is 4.79 Å². The van der Waals surface area contributed by atoms with E-state index in [4.69, 9.17) is 11.2 Å². The van der Waals surface area contributed by atoms with Gasteiger partial charge in [0.1, 0.15) is 18.1 Å². The fourth-order valence-corrected chi connectivity index (χ4v) is 3.10. The second-order valence-corrected chi connectivity index (χ2v) is 6.36. The fraction of sp³-hybridized carbons (Fsp3) is 0.0400. The maximum absolute atomic E-state index is 13.3. The molecule has 1 amide bonds. The number of carbonyl (C=O) groups is 1. The van der Waals surface area contributed by atoms with Gasteiger partial charge in [0.2, 0.25) is 0 Å². The van der Waals surface area contributed by atoms with Gasteiger partial charge in [-0.05, 0) is 24.3 Å². The molecule has 3 aromatic rings. The number of nitrogens with zero attached hydrogens (tertiary/aromatic N) is 2. The number of hydrogen-bond donors (Lipinski definition) is 0. The Morgan fingerprint density at radius 2 is 1.59 bits per heavy atom. The molecule has 140 valence electrons. The summed E-state index contributed by atoms with van der Waals surface area (Å²) >= 11 is 0. The topological polar surface area (TPSA) is 41.9 Å². The molecule has 0 bridgehead atoms. The molecule has 0 aromatic heterocycles. The molecule has 0 atom stereocenters. The lowest BCUT2D eigenvalue weighted by atomic mass is 10.00. The molecule has 0 N–H and O–H groups in total. The molecule has 0 fully saturated rings. The van der Waals surface area contributed by atoms with Gasteiger partial charge in [-0.15, -0.1) is 6.42 Å². The average Bonchev–Trinajstić information content (AvgIpc) is 3.10. The lowest BCUT2D eigenvalue weighted by Gasteiger charge is -2.11. The summed E-state index contributed by atoms with van der Waals surface area (Å²) in [6.45, 7) is 0.157. The first-order valence-electron chi connectivity index (χ1n) is 9.19. The number of terminal acetylenes is 1. The molecule has 0 radical (unpaired) electrons. The minimum absolute atomic E-state index is 0.157. The van der Waals surface area contributed by atoms with Crippen molar-refractivity contribution >= 4 is 23.4 Å². The molecule has 0 spiro atoms. The van der Waals surface area contributed by atoms with E-state index < -0.39 is 0 Å². The predicted molar refractivity (Wildman–Crippen MR) is 116 cm³/mol. The summed E-state index contributed by atoms with van der Waals surface area (Å²) in [6, 6.07) is 26.5. The van der Waals surface area contributed by atoms with Crippen LogP contribution in [0, 0.1) is 12.3 Å². The van der Waals surface area contributed by atoms with Crippen molar-refractivity contribution in [2.75, 3.05) is 11.6 Å². The zero-order valence-electron chi connectivity index (χ0n) is 15.7. The second kappa shape index (κ2) is 8.28. The van der Waals surface area contributed by atoms with E-state index in [0.717, 1.165) is 11.1 Å². The first-order valence-corrected chi connectivity index (χ1v) is 9.19. The molecule has 0 saturated carbocycles. The van der Waals surface area contributed by atoms with E-state index in [-0.39, 0.29) is 12.5 Å². The van der Waals surface area contributed by atoms with E-state index in [9.17, 15) is 4.79 Å². The van der Waals surface area contributed by atoms with Gasteiger partial charge in [0, 0.05) is 11.1 Å². The highest BCUT2D eigenvalue weighted by molar-refractivity contribution is 6.37. The van der Waals surface area contributed by atoms with Gasteiger partial charge in [-0.1, -0.05) is 72.7 Å². The fourth-order valence-electron chi connectivity index (χ4n) is 3.10. The SMILES string of the molecule is C#CCOc1ccccc1/C=C1\C(=O)N(c2ccccc2)N=C1c1ccccc1. The number of rotatable bonds is 5. The van der Waals surface area contributed by atoms with E-state index in [0.29, 0.717) is 22.7 Å². The lowest BCUT2D eigenvalue weighted by Crippen LogP contribution is -2.21.